The monoisotopic (exact) mass is 465 g/mol. The molecule has 10 heteroatoms. The summed E-state index contributed by atoms with van der Waals surface area (Å²) in [7, 11) is 0. The summed E-state index contributed by atoms with van der Waals surface area (Å²) in [6.45, 7) is 4.32. The minimum absolute atomic E-state index is 0.164. The SMILES string of the molecule is CCOC(=O)[C@H]1CCCN(C(=O)Cn2c(=O)c3cnc(-c4ccccc4)nc3n(CC)c2=O)C1. The van der Waals surface area contributed by atoms with Gasteiger partial charge in [0.15, 0.2) is 11.5 Å². The van der Waals surface area contributed by atoms with Gasteiger partial charge >= 0.3 is 11.7 Å². The minimum Gasteiger partial charge on any atom is -0.466 e. The van der Waals surface area contributed by atoms with Crippen LogP contribution in [-0.4, -0.2) is 55.6 Å². The third-order valence-corrected chi connectivity index (χ3v) is 6.00. The Morgan fingerprint density at radius 3 is 2.59 bits per heavy atom. The van der Waals surface area contributed by atoms with E-state index in [0.717, 1.165) is 10.1 Å². The Morgan fingerprint density at radius 2 is 1.88 bits per heavy atom. The first kappa shape index (κ1) is 23.3. The Morgan fingerprint density at radius 1 is 1.12 bits per heavy atom. The second-order valence-corrected chi connectivity index (χ2v) is 8.15. The lowest BCUT2D eigenvalue weighted by molar-refractivity contribution is -0.151. The fraction of sp³-hybridized carbons (Fsp3) is 0.417. The van der Waals surface area contributed by atoms with E-state index in [4.69, 9.17) is 4.74 Å². The molecular weight excluding hydrogens is 438 g/mol. The summed E-state index contributed by atoms with van der Waals surface area (Å²) in [5, 5.41) is 0.164. The molecule has 0 N–H and O–H groups in total. The van der Waals surface area contributed by atoms with Crippen LogP contribution in [0.25, 0.3) is 22.4 Å². The van der Waals surface area contributed by atoms with E-state index < -0.39 is 29.6 Å². The highest BCUT2D eigenvalue weighted by atomic mass is 16.5. The molecule has 178 valence electrons. The lowest BCUT2D eigenvalue weighted by Crippen LogP contribution is -2.48. The second-order valence-electron chi connectivity index (χ2n) is 8.15. The Hall–Kier alpha value is -3.82. The fourth-order valence-corrected chi connectivity index (χ4v) is 4.24. The molecule has 0 saturated carbocycles. The number of hydrogen-bond acceptors (Lipinski definition) is 7. The summed E-state index contributed by atoms with van der Waals surface area (Å²) in [6.07, 6.45) is 2.69. The zero-order valence-electron chi connectivity index (χ0n) is 19.3. The molecule has 4 rings (SSSR count). The number of piperidine rings is 1. The largest absolute Gasteiger partial charge is 0.466 e. The van der Waals surface area contributed by atoms with E-state index in [9.17, 15) is 19.2 Å². The smallest absolute Gasteiger partial charge is 0.333 e. The first-order valence-corrected chi connectivity index (χ1v) is 11.4. The van der Waals surface area contributed by atoms with Crippen LogP contribution in [0.15, 0.2) is 46.1 Å². The molecule has 1 saturated heterocycles. The van der Waals surface area contributed by atoms with E-state index in [1.165, 1.54) is 15.7 Å². The van der Waals surface area contributed by atoms with Crippen molar-refractivity contribution in [2.75, 3.05) is 19.7 Å². The number of hydrogen-bond donors (Lipinski definition) is 0. The molecule has 0 radical (unpaired) electrons. The van der Waals surface area contributed by atoms with E-state index in [-0.39, 0.29) is 36.7 Å². The lowest BCUT2D eigenvalue weighted by Gasteiger charge is -2.31. The normalized spacial score (nSPS) is 15.9. The standard InChI is InChI=1S/C24H27N5O5/c1-3-28-21-18(13-25-20(26-21)16-9-6-5-7-10-16)22(31)29(24(28)33)15-19(30)27-12-8-11-17(14-27)23(32)34-4-2/h5-7,9-10,13,17H,3-4,8,11-12,14-15H2,1-2H3/t17-/m0/s1. The maximum atomic E-state index is 13.2. The van der Waals surface area contributed by atoms with Crippen molar-refractivity contribution in [3.8, 4) is 11.4 Å². The quantitative estimate of drug-likeness (QED) is 0.506. The number of fused-ring (bicyclic) bond motifs is 1. The third-order valence-electron chi connectivity index (χ3n) is 6.00. The predicted octanol–water partition coefficient (Wildman–Crippen LogP) is 1.44. The van der Waals surface area contributed by atoms with Gasteiger partial charge in [0, 0.05) is 31.4 Å². The number of carbonyl (C=O) groups is 2. The summed E-state index contributed by atoms with van der Waals surface area (Å²) in [6, 6.07) is 9.27. The first-order valence-electron chi connectivity index (χ1n) is 11.4. The minimum atomic E-state index is -0.614. The van der Waals surface area contributed by atoms with Crippen LogP contribution in [0.4, 0.5) is 0 Å². The number of rotatable bonds is 6. The van der Waals surface area contributed by atoms with E-state index in [1.54, 1.807) is 13.8 Å². The average Bonchev–Trinajstić information content (AvgIpc) is 2.87. The first-order chi connectivity index (χ1) is 16.4. The number of benzene rings is 1. The zero-order valence-corrected chi connectivity index (χ0v) is 19.3. The van der Waals surface area contributed by atoms with Crippen molar-refractivity contribution in [2.24, 2.45) is 5.92 Å². The number of ether oxygens (including phenoxy) is 1. The Balaban J connectivity index is 1.67. The Labute approximate surface area is 195 Å². The van der Waals surface area contributed by atoms with Crippen LogP contribution in [-0.2, 0) is 27.4 Å². The van der Waals surface area contributed by atoms with E-state index in [0.29, 0.717) is 25.2 Å². The fourth-order valence-electron chi connectivity index (χ4n) is 4.24. The van der Waals surface area contributed by atoms with Gasteiger partial charge in [-0.2, -0.15) is 0 Å². The summed E-state index contributed by atoms with van der Waals surface area (Å²) in [5.41, 5.74) is -0.225. The molecular formula is C24H27N5O5. The number of likely N-dealkylation sites (tertiary alicyclic amines) is 1. The predicted molar refractivity (Wildman–Crippen MR) is 125 cm³/mol. The molecule has 1 atom stereocenters. The van der Waals surface area contributed by atoms with Crippen molar-refractivity contribution in [2.45, 2.75) is 39.8 Å². The van der Waals surface area contributed by atoms with Crippen molar-refractivity contribution >= 4 is 22.9 Å². The van der Waals surface area contributed by atoms with Crippen LogP contribution < -0.4 is 11.2 Å². The Bertz CT molecular complexity index is 1330. The summed E-state index contributed by atoms with van der Waals surface area (Å²) < 4.78 is 7.38. The molecule has 10 nitrogen and oxygen atoms in total. The average molecular weight is 466 g/mol. The van der Waals surface area contributed by atoms with Gasteiger partial charge in [-0.05, 0) is 26.7 Å². The number of esters is 1. The van der Waals surface area contributed by atoms with Gasteiger partial charge in [-0.1, -0.05) is 30.3 Å². The lowest BCUT2D eigenvalue weighted by atomic mass is 9.98. The van der Waals surface area contributed by atoms with Gasteiger partial charge in [-0.25, -0.2) is 14.8 Å². The molecule has 2 aromatic heterocycles. The van der Waals surface area contributed by atoms with Gasteiger partial charge in [0.25, 0.3) is 5.56 Å². The number of aromatic nitrogens is 4. The van der Waals surface area contributed by atoms with Gasteiger partial charge < -0.3 is 9.64 Å². The molecule has 3 aromatic rings. The van der Waals surface area contributed by atoms with Crippen LogP contribution in [0.3, 0.4) is 0 Å². The van der Waals surface area contributed by atoms with E-state index >= 15 is 0 Å². The summed E-state index contributed by atoms with van der Waals surface area (Å²) in [4.78, 5) is 61.8. The van der Waals surface area contributed by atoms with Gasteiger partial charge in [0.2, 0.25) is 5.91 Å². The van der Waals surface area contributed by atoms with Crippen LogP contribution >= 0.6 is 0 Å². The third kappa shape index (κ3) is 4.48. The maximum Gasteiger partial charge on any atom is 0.333 e. The molecule has 1 amide bonds. The van der Waals surface area contributed by atoms with Crippen molar-refractivity contribution < 1.29 is 14.3 Å². The van der Waals surface area contributed by atoms with Crippen LogP contribution in [0.2, 0.25) is 0 Å². The van der Waals surface area contributed by atoms with Crippen LogP contribution in [0.1, 0.15) is 26.7 Å². The highest BCUT2D eigenvalue weighted by Crippen LogP contribution is 2.19. The van der Waals surface area contributed by atoms with Gasteiger partial charge in [-0.3, -0.25) is 23.5 Å². The van der Waals surface area contributed by atoms with Crippen molar-refractivity contribution in [3.63, 3.8) is 0 Å². The maximum absolute atomic E-state index is 13.2. The summed E-state index contributed by atoms with van der Waals surface area (Å²) >= 11 is 0. The molecule has 0 bridgehead atoms. The molecule has 34 heavy (non-hydrogen) atoms. The molecule has 0 spiro atoms. The topological polar surface area (TPSA) is 116 Å². The molecule has 0 unspecified atom stereocenters. The summed E-state index contributed by atoms with van der Waals surface area (Å²) in [5.74, 6) is -0.719. The van der Waals surface area contributed by atoms with Gasteiger partial charge in [0.05, 0.1) is 12.5 Å². The number of amides is 1. The van der Waals surface area contributed by atoms with Crippen LogP contribution in [0, 0.1) is 5.92 Å². The van der Waals surface area contributed by atoms with Gasteiger partial charge in [-0.15, -0.1) is 0 Å². The molecule has 1 aliphatic rings. The van der Waals surface area contributed by atoms with Crippen molar-refractivity contribution in [1.29, 1.82) is 0 Å². The molecule has 0 aliphatic carbocycles. The van der Waals surface area contributed by atoms with E-state index in [2.05, 4.69) is 9.97 Å². The van der Waals surface area contributed by atoms with E-state index in [1.807, 2.05) is 30.3 Å². The van der Waals surface area contributed by atoms with Gasteiger partial charge in [0.1, 0.15) is 11.9 Å². The number of aryl methyl sites for hydroxylation is 1. The van der Waals surface area contributed by atoms with Crippen molar-refractivity contribution in [3.05, 3.63) is 57.4 Å². The number of carbonyl (C=O) groups excluding carboxylic acids is 2. The second kappa shape index (κ2) is 9.98. The van der Waals surface area contributed by atoms with Crippen LogP contribution in [0.5, 0.6) is 0 Å². The highest BCUT2D eigenvalue weighted by Gasteiger charge is 2.30. The molecule has 1 fully saturated rings. The molecule has 1 aliphatic heterocycles. The molecule has 1 aromatic carbocycles. The molecule has 3 heterocycles. The number of nitrogens with zero attached hydrogens (tertiary/aromatic N) is 5. The Kier molecular flexibility index (Phi) is 6.85. The highest BCUT2D eigenvalue weighted by molar-refractivity contribution is 5.79. The zero-order chi connectivity index (χ0) is 24.2. The van der Waals surface area contributed by atoms with Crippen molar-refractivity contribution in [1.82, 2.24) is 24.0 Å².